The van der Waals surface area contributed by atoms with Gasteiger partial charge in [-0.05, 0) is 49.6 Å². The molecule has 18 heavy (non-hydrogen) atoms. The second kappa shape index (κ2) is 5.36. The number of rotatable bonds is 3. The zero-order valence-corrected chi connectivity index (χ0v) is 11.7. The van der Waals surface area contributed by atoms with Gasteiger partial charge in [-0.2, -0.15) is 0 Å². The molecule has 0 saturated heterocycles. The summed E-state index contributed by atoms with van der Waals surface area (Å²) in [7, 11) is 0. The maximum atomic E-state index is 12.0. The van der Waals surface area contributed by atoms with E-state index in [4.69, 9.17) is 0 Å². The fraction of sp³-hybridized carbons (Fsp3) is 0.267. The fourth-order valence-electron chi connectivity index (χ4n) is 1.70. The highest BCUT2D eigenvalue weighted by molar-refractivity contribution is 7.14. The molecule has 0 spiro atoms. The molecule has 0 unspecified atom stereocenters. The predicted molar refractivity (Wildman–Crippen MR) is 77.6 cm³/mol. The zero-order chi connectivity index (χ0) is 13.1. The van der Waals surface area contributed by atoms with Gasteiger partial charge in [0.05, 0.1) is 4.88 Å². The van der Waals surface area contributed by atoms with E-state index in [9.17, 15) is 4.79 Å². The monoisotopic (exact) mass is 259 g/mol. The second-order valence-electron chi connectivity index (χ2n) is 4.35. The Balaban J connectivity index is 2.10. The number of hydrogen-bond acceptors (Lipinski definition) is 2. The van der Waals surface area contributed by atoms with Crippen molar-refractivity contribution in [2.24, 2.45) is 0 Å². The fourth-order valence-corrected chi connectivity index (χ4v) is 2.63. The molecule has 1 amide bonds. The van der Waals surface area contributed by atoms with E-state index >= 15 is 0 Å². The largest absolute Gasteiger partial charge is 0.321 e. The number of aryl methyl sites for hydroxylation is 3. The highest BCUT2D eigenvalue weighted by Crippen LogP contribution is 2.21. The molecule has 0 aliphatic carbocycles. The molecule has 0 radical (unpaired) electrons. The van der Waals surface area contributed by atoms with Crippen LogP contribution in [0, 0.1) is 13.8 Å². The minimum Gasteiger partial charge on any atom is -0.321 e. The topological polar surface area (TPSA) is 29.1 Å². The van der Waals surface area contributed by atoms with E-state index < -0.39 is 0 Å². The number of anilines is 1. The van der Waals surface area contributed by atoms with Crippen molar-refractivity contribution in [2.75, 3.05) is 5.32 Å². The zero-order valence-electron chi connectivity index (χ0n) is 10.9. The molecule has 2 aromatic rings. The minimum atomic E-state index is -0.0274. The van der Waals surface area contributed by atoms with Crippen LogP contribution in [0.2, 0.25) is 0 Å². The summed E-state index contributed by atoms with van der Waals surface area (Å²) in [6, 6.07) is 9.92. The summed E-state index contributed by atoms with van der Waals surface area (Å²) >= 11 is 1.54. The van der Waals surface area contributed by atoms with Crippen LogP contribution in [0.25, 0.3) is 0 Å². The molecule has 0 saturated carbocycles. The van der Waals surface area contributed by atoms with Crippen molar-refractivity contribution >= 4 is 22.9 Å². The molecule has 0 aliphatic rings. The standard InChI is InChI=1S/C15H17NOS/c1-4-12-5-7-13(8-6-12)16-15(17)14-9-10(2)11(3)18-14/h5-9H,4H2,1-3H3,(H,16,17). The van der Waals surface area contributed by atoms with Gasteiger partial charge in [0.15, 0.2) is 0 Å². The maximum Gasteiger partial charge on any atom is 0.265 e. The van der Waals surface area contributed by atoms with Crippen molar-refractivity contribution in [2.45, 2.75) is 27.2 Å². The van der Waals surface area contributed by atoms with Crippen LogP contribution in [0.15, 0.2) is 30.3 Å². The van der Waals surface area contributed by atoms with E-state index in [1.165, 1.54) is 27.3 Å². The third-order valence-electron chi connectivity index (χ3n) is 3.01. The number of amides is 1. The first-order valence-electron chi connectivity index (χ1n) is 6.07. The smallest absolute Gasteiger partial charge is 0.265 e. The lowest BCUT2D eigenvalue weighted by Crippen LogP contribution is -2.09. The summed E-state index contributed by atoms with van der Waals surface area (Å²) in [4.78, 5) is 14.0. The Morgan fingerprint density at radius 1 is 1.22 bits per heavy atom. The highest BCUT2D eigenvalue weighted by atomic mass is 32.1. The molecule has 0 fully saturated rings. The molecule has 2 nitrogen and oxygen atoms in total. The molecule has 1 heterocycles. The average Bonchev–Trinajstić information content (AvgIpc) is 2.71. The van der Waals surface area contributed by atoms with Gasteiger partial charge >= 0.3 is 0 Å². The second-order valence-corrected chi connectivity index (χ2v) is 5.61. The van der Waals surface area contributed by atoms with Gasteiger partial charge < -0.3 is 5.32 Å². The molecule has 2 rings (SSSR count). The maximum absolute atomic E-state index is 12.0. The van der Waals surface area contributed by atoms with Crippen LogP contribution in [-0.4, -0.2) is 5.91 Å². The summed E-state index contributed by atoms with van der Waals surface area (Å²) in [5, 5.41) is 2.92. The molecule has 0 atom stereocenters. The van der Waals surface area contributed by atoms with E-state index in [0.29, 0.717) is 0 Å². The Kier molecular flexibility index (Phi) is 3.82. The molecule has 0 aliphatic heterocycles. The molecule has 3 heteroatoms. The molecule has 1 N–H and O–H groups in total. The first-order chi connectivity index (χ1) is 8.60. The summed E-state index contributed by atoms with van der Waals surface area (Å²) < 4.78 is 0. The lowest BCUT2D eigenvalue weighted by Gasteiger charge is -2.04. The van der Waals surface area contributed by atoms with Crippen molar-refractivity contribution in [3.63, 3.8) is 0 Å². The number of carbonyl (C=O) groups is 1. The highest BCUT2D eigenvalue weighted by Gasteiger charge is 2.10. The molecule has 94 valence electrons. The van der Waals surface area contributed by atoms with Gasteiger partial charge in [-0.25, -0.2) is 0 Å². The molecular formula is C15H17NOS. The SMILES string of the molecule is CCc1ccc(NC(=O)c2cc(C)c(C)s2)cc1. The number of thiophene rings is 1. The Morgan fingerprint density at radius 2 is 1.89 bits per heavy atom. The van der Waals surface area contributed by atoms with Gasteiger partial charge in [0.25, 0.3) is 5.91 Å². The van der Waals surface area contributed by atoms with Crippen LogP contribution in [-0.2, 0) is 6.42 Å². The van der Waals surface area contributed by atoms with Crippen molar-refractivity contribution in [1.29, 1.82) is 0 Å². The third-order valence-corrected chi connectivity index (χ3v) is 4.16. The Bertz CT molecular complexity index is 535. The Morgan fingerprint density at radius 3 is 2.39 bits per heavy atom. The van der Waals surface area contributed by atoms with Crippen LogP contribution in [0.4, 0.5) is 5.69 Å². The third kappa shape index (κ3) is 2.79. The lowest BCUT2D eigenvalue weighted by molar-refractivity contribution is 0.103. The van der Waals surface area contributed by atoms with Crippen molar-refractivity contribution in [3.05, 3.63) is 51.2 Å². The summed E-state index contributed by atoms with van der Waals surface area (Å²) in [5.74, 6) is -0.0274. The van der Waals surface area contributed by atoms with Crippen LogP contribution < -0.4 is 5.32 Å². The van der Waals surface area contributed by atoms with Crippen LogP contribution in [0.5, 0.6) is 0 Å². The van der Waals surface area contributed by atoms with Gasteiger partial charge in [-0.3, -0.25) is 4.79 Å². The average molecular weight is 259 g/mol. The van der Waals surface area contributed by atoms with E-state index in [-0.39, 0.29) is 5.91 Å². The Hall–Kier alpha value is -1.61. The summed E-state index contributed by atoms with van der Waals surface area (Å²) in [5.41, 5.74) is 3.29. The van der Waals surface area contributed by atoms with Crippen LogP contribution in [0.3, 0.4) is 0 Å². The Labute approximate surface area is 112 Å². The van der Waals surface area contributed by atoms with E-state index in [1.807, 2.05) is 44.2 Å². The van der Waals surface area contributed by atoms with Gasteiger partial charge in [0.2, 0.25) is 0 Å². The summed E-state index contributed by atoms with van der Waals surface area (Å²) in [6.07, 6.45) is 1.01. The quantitative estimate of drug-likeness (QED) is 0.880. The first kappa shape index (κ1) is 12.8. The lowest BCUT2D eigenvalue weighted by atomic mass is 10.1. The van der Waals surface area contributed by atoms with Crippen molar-refractivity contribution in [1.82, 2.24) is 0 Å². The van der Waals surface area contributed by atoms with Crippen LogP contribution in [0.1, 0.15) is 32.6 Å². The van der Waals surface area contributed by atoms with Gasteiger partial charge in [0.1, 0.15) is 0 Å². The van der Waals surface area contributed by atoms with Crippen molar-refractivity contribution in [3.8, 4) is 0 Å². The summed E-state index contributed by atoms with van der Waals surface area (Å²) in [6.45, 7) is 6.18. The van der Waals surface area contributed by atoms with Crippen LogP contribution >= 0.6 is 11.3 Å². The van der Waals surface area contributed by atoms with E-state index in [1.54, 1.807) is 0 Å². The number of hydrogen-bond donors (Lipinski definition) is 1. The van der Waals surface area contributed by atoms with Gasteiger partial charge in [-0.15, -0.1) is 11.3 Å². The van der Waals surface area contributed by atoms with Crippen molar-refractivity contribution < 1.29 is 4.79 Å². The van der Waals surface area contributed by atoms with Gasteiger partial charge in [-0.1, -0.05) is 19.1 Å². The normalized spacial score (nSPS) is 10.4. The van der Waals surface area contributed by atoms with E-state index in [0.717, 1.165) is 17.0 Å². The molecular weight excluding hydrogens is 242 g/mol. The predicted octanol–water partition coefficient (Wildman–Crippen LogP) is 4.18. The molecule has 1 aromatic carbocycles. The number of benzene rings is 1. The molecule has 1 aromatic heterocycles. The first-order valence-corrected chi connectivity index (χ1v) is 6.89. The minimum absolute atomic E-state index is 0.0274. The number of carbonyl (C=O) groups excluding carboxylic acids is 1. The van der Waals surface area contributed by atoms with Gasteiger partial charge in [0, 0.05) is 10.6 Å². The number of nitrogens with one attached hydrogen (secondary N) is 1. The van der Waals surface area contributed by atoms with E-state index in [2.05, 4.69) is 12.2 Å². The molecule has 0 bridgehead atoms.